The van der Waals surface area contributed by atoms with Crippen LogP contribution in [-0.2, 0) is 4.79 Å². The second kappa shape index (κ2) is 4.61. The topological polar surface area (TPSA) is 62.5 Å². The number of carbonyl (C=O) groups is 1. The van der Waals surface area contributed by atoms with Crippen molar-refractivity contribution < 1.29 is 15.0 Å². The minimum absolute atomic E-state index is 0.258. The van der Waals surface area contributed by atoms with Gasteiger partial charge in [0.1, 0.15) is 0 Å². The lowest BCUT2D eigenvalue weighted by molar-refractivity contribution is -0.146. The molecule has 1 aromatic heterocycles. The van der Waals surface area contributed by atoms with Crippen LogP contribution < -0.4 is 0 Å². The first-order valence-electron chi connectivity index (χ1n) is 4.92. The van der Waals surface area contributed by atoms with Crippen molar-refractivity contribution in [3.63, 3.8) is 0 Å². The SMILES string of the molecule is O=C(O)[C@H](O)c1cc(Cl)cc(-n2cccc2)c1. The lowest BCUT2D eigenvalue weighted by Crippen LogP contribution is -2.10. The Morgan fingerprint density at radius 1 is 1.24 bits per heavy atom. The van der Waals surface area contributed by atoms with Crippen LogP contribution >= 0.6 is 11.6 Å². The van der Waals surface area contributed by atoms with Crippen molar-refractivity contribution in [2.24, 2.45) is 0 Å². The quantitative estimate of drug-likeness (QED) is 0.880. The van der Waals surface area contributed by atoms with Gasteiger partial charge < -0.3 is 14.8 Å². The van der Waals surface area contributed by atoms with Crippen LogP contribution in [0.15, 0.2) is 42.7 Å². The second-order valence-electron chi connectivity index (χ2n) is 3.57. The van der Waals surface area contributed by atoms with Crippen LogP contribution in [0.25, 0.3) is 5.69 Å². The van der Waals surface area contributed by atoms with Gasteiger partial charge in [-0.05, 0) is 35.9 Å². The number of hydrogen-bond acceptors (Lipinski definition) is 2. The van der Waals surface area contributed by atoms with E-state index < -0.39 is 12.1 Å². The Labute approximate surface area is 103 Å². The highest BCUT2D eigenvalue weighted by Gasteiger charge is 2.17. The van der Waals surface area contributed by atoms with E-state index in [9.17, 15) is 9.90 Å². The molecule has 0 bridgehead atoms. The van der Waals surface area contributed by atoms with Gasteiger partial charge in [0.15, 0.2) is 6.10 Å². The predicted molar refractivity (Wildman–Crippen MR) is 63.4 cm³/mol. The predicted octanol–water partition coefficient (Wildman–Crippen LogP) is 2.25. The molecule has 4 nitrogen and oxygen atoms in total. The summed E-state index contributed by atoms with van der Waals surface area (Å²) < 4.78 is 1.78. The molecule has 0 spiro atoms. The molecule has 1 atom stereocenters. The number of aliphatic hydroxyl groups is 1. The van der Waals surface area contributed by atoms with E-state index in [4.69, 9.17) is 16.7 Å². The Bertz CT molecular complexity index is 537. The fourth-order valence-electron chi connectivity index (χ4n) is 1.55. The lowest BCUT2D eigenvalue weighted by Gasteiger charge is -2.10. The van der Waals surface area contributed by atoms with Crippen molar-refractivity contribution in [1.82, 2.24) is 4.57 Å². The van der Waals surface area contributed by atoms with Crippen LogP contribution in [0, 0.1) is 0 Å². The van der Waals surface area contributed by atoms with Gasteiger partial charge in [0, 0.05) is 23.1 Å². The molecule has 1 heterocycles. The van der Waals surface area contributed by atoms with Gasteiger partial charge in [0.25, 0.3) is 0 Å². The highest BCUT2D eigenvalue weighted by atomic mass is 35.5. The summed E-state index contributed by atoms with van der Waals surface area (Å²) in [6, 6.07) is 8.40. The molecule has 0 fully saturated rings. The molecule has 0 aliphatic rings. The molecule has 2 N–H and O–H groups in total. The number of nitrogens with zero attached hydrogens (tertiary/aromatic N) is 1. The molecule has 1 aromatic carbocycles. The zero-order valence-electron chi connectivity index (χ0n) is 8.75. The van der Waals surface area contributed by atoms with Crippen LogP contribution in [-0.4, -0.2) is 20.7 Å². The molecule has 88 valence electrons. The van der Waals surface area contributed by atoms with E-state index in [1.165, 1.54) is 6.07 Å². The minimum Gasteiger partial charge on any atom is -0.479 e. The molecular formula is C12H10ClNO3. The second-order valence-corrected chi connectivity index (χ2v) is 4.01. The number of aliphatic hydroxyl groups excluding tert-OH is 1. The average Bonchev–Trinajstić information content (AvgIpc) is 2.80. The number of carboxylic acid groups (broad SMARTS) is 1. The van der Waals surface area contributed by atoms with Gasteiger partial charge in [0.05, 0.1) is 0 Å². The average molecular weight is 252 g/mol. The lowest BCUT2D eigenvalue weighted by atomic mass is 10.1. The zero-order valence-corrected chi connectivity index (χ0v) is 9.50. The molecule has 0 unspecified atom stereocenters. The maximum atomic E-state index is 10.7. The summed E-state index contributed by atoms with van der Waals surface area (Å²) in [7, 11) is 0. The third-order valence-corrected chi connectivity index (χ3v) is 2.58. The van der Waals surface area contributed by atoms with Gasteiger partial charge in [-0.3, -0.25) is 0 Å². The van der Waals surface area contributed by atoms with Crippen molar-refractivity contribution in [3.05, 3.63) is 53.3 Å². The number of aromatic nitrogens is 1. The number of hydrogen-bond donors (Lipinski definition) is 2. The monoisotopic (exact) mass is 251 g/mol. The highest BCUT2D eigenvalue weighted by molar-refractivity contribution is 6.30. The van der Waals surface area contributed by atoms with Crippen LogP contribution in [0.5, 0.6) is 0 Å². The molecule has 2 aromatic rings. The molecule has 0 saturated heterocycles. The number of halogens is 1. The Kier molecular flexibility index (Phi) is 3.17. The van der Waals surface area contributed by atoms with E-state index in [1.54, 1.807) is 16.7 Å². The van der Waals surface area contributed by atoms with E-state index >= 15 is 0 Å². The summed E-state index contributed by atoms with van der Waals surface area (Å²) in [6.45, 7) is 0. The summed E-state index contributed by atoms with van der Waals surface area (Å²) >= 11 is 5.90. The van der Waals surface area contributed by atoms with E-state index in [1.807, 2.05) is 24.5 Å². The van der Waals surface area contributed by atoms with Crippen molar-refractivity contribution >= 4 is 17.6 Å². The molecule has 0 aliphatic carbocycles. The molecule has 0 saturated carbocycles. The van der Waals surface area contributed by atoms with Crippen molar-refractivity contribution in [2.75, 3.05) is 0 Å². The fraction of sp³-hybridized carbons (Fsp3) is 0.0833. The maximum Gasteiger partial charge on any atom is 0.337 e. The third-order valence-electron chi connectivity index (χ3n) is 2.36. The van der Waals surface area contributed by atoms with E-state index in [0.717, 1.165) is 0 Å². The Hall–Kier alpha value is -1.78. The largest absolute Gasteiger partial charge is 0.479 e. The molecule has 0 amide bonds. The van der Waals surface area contributed by atoms with Gasteiger partial charge in [-0.2, -0.15) is 0 Å². The van der Waals surface area contributed by atoms with Crippen LogP contribution in [0.3, 0.4) is 0 Å². The summed E-state index contributed by atoms with van der Waals surface area (Å²) in [5.41, 5.74) is 0.964. The molecule has 0 aliphatic heterocycles. The van der Waals surface area contributed by atoms with Gasteiger partial charge >= 0.3 is 5.97 Å². The van der Waals surface area contributed by atoms with Gasteiger partial charge in [-0.25, -0.2) is 4.79 Å². The van der Waals surface area contributed by atoms with Gasteiger partial charge in [0.2, 0.25) is 0 Å². The Balaban J connectivity index is 2.46. The first-order chi connectivity index (χ1) is 8.08. The number of benzene rings is 1. The van der Waals surface area contributed by atoms with Crippen molar-refractivity contribution in [1.29, 1.82) is 0 Å². The minimum atomic E-state index is -1.57. The third kappa shape index (κ3) is 2.49. The van der Waals surface area contributed by atoms with Crippen LogP contribution in [0.2, 0.25) is 5.02 Å². The Morgan fingerprint density at radius 2 is 1.88 bits per heavy atom. The highest BCUT2D eigenvalue weighted by Crippen LogP contribution is 2.23. The molecule has 0 radical (unpaired) electrons. The standard InChI is InChI=1S/C12H10ClNO3/c13-9-5-8(11(15)12(16)17)6-10(7-9)14-3-1-2-4-14/h1-7,11,15H,(H,16,17)/t11-/m1/s1. The summed E-state index contributed by atoms with van der Waals surface area (Å²) in [5.74, 6) is -1.30. The zero-order chi connectivity index (χ0) is 12.4. The number of carboxylic acids is 1. The van der Waals surface area contributed by atoms with Crippen molar-refractivity contribution in [2.45, 2.75) is 6.10 Å². The molecule has 17 heavy (non-hydrogen) atoms. The van der Waals surface area contributed by atoms with Gasteiger partial charge in [-0.15, -0.1) is 0 Å². The number of aliphatic carboxylic acids is 1. The molecular weight excluding hydrogens is 242 g/mol. The Morgan fingerprint density at radius 3 is 2.47 bits per heavy atom. The smallest absolute Gasteiger partial charge is 0.337 e. The first-order valence-corrected chi connectivity index (χ1v) is 5.30. The van der Waals surface area contributed by atoms with Crippen LogP contribution in [0.1, 0.15) is 11.7 Å². The maximum absolute atomic E-state index is 10.7. The van der Waals surface area contributed by atoms with Gasteiger partial charge in [-0.1, -0.05) is 11.6 Å². The number of rotatable bonds is 3. The summed E-state index contributed by atoms with van der Waals surface area (Å²) in [5, 5.41) is 18.6. The van der Waals surface area contributed by atoms with E-state index in [2.05, 4.69) is 0 Å². The van der Waals surface area contributed by atoms with Crippen molar-refractivity contribution in [3.8, 4) is 5.69 Å². The molecule has 5 heteroatoms. The normalized spacial score (nSPS) is 12.4. The summed E-state index contributed by atoms with van der Waals surface area (Å²) in [6.07, 6.45) is 2.05. The first kappa shape index (κ1) is 11.7. The van der Waals surface area contributed by atoms with E-state index in [-0.39, 0.29) is 5.56 Å². The fourth-order valence-corrected chi connectivity index (χ4v) is 1.79. The molecule has 2 rings (SSSR count). The van der Waals surface area contributed by atoms with E-state index in [0.29, 0.717) is 10.7 Å². The summed E-state index contributed by atoms with van der Waals surface area (Å²) in [4.78, 5) is 10.7. The van der Waals surface area contributed by atoms with Crippen LogP contribution in [0.4, 0.5) is 0 Å².